The Balaban J connectivity index is 2.21. The first-order chi connectivity index (χ1) is 8.19. The first-order valence-corrected chi connectivity index (χ1v) is 5.05. The summed E-state index contributed by atoms with van der Waals surface area (Å²) in [6.45, 7) is 1.81. The Bertz CT molecular complexity index is 512. The van der Waals surface area contributed by atoms with E-state index in [4.69, 9.17) is 15.2 Å². The number of nitrogens with zero attached hydrogens (tertiary/aromatic N) is 2. The van der Waals surface area contributed by atoms with Crippen LogP contribution in [0.25, 0.3) is 0 Å². The number of rotatable bonds is 3. The smallest absolute Gasteiger partial charge is 0.164 e. The van der Waals surface area contributed by atoms with Gasteiger partial charge in [-0.3, -0.25) is 5.73 Å². The monoisotopic (exact) mass is 230 g/mol. The molecule has 5 nitrogen and oxygen atoms in total. The third kappa shape index (κ3) is 2.63. The molecule has 17 heavy (non-hydrogen) atoms. The average Bonchev–Trinajstić information content (AvgIpc) is 2.34. The van der Waals surface area contributed by atoms with Crippen LogP contribution in [0.2, 0.25) is 0 Å². The lowest BCUT2D eigenvalue weighted by Crippen LogP contribution is -1.91. The van der Waals surface area contributed by atoms with Gasteiger partial charge in [0.1, 0.15) is 17.3 Å². The highest BCUT2D eigenvalue weighted by Gasteiger charge is 2.04. The molecule has 1 aromatic heterocycles. The van der Waals surface area contributed by atoms with Crippen LogP contribution in [-0.2, 0) is 0 Å². The molecule has 87 valence electrons. The summed E-state index contributed by atoms with van der Waals surface area (Å²) >= 11 is 0. The summed E-state index contributed by atoms with van der Waals surface area (Å²) in [5.74, 6) is 2.30. The molecule has 0 saturated carbocycles. The maximum atomic E-state index is 7.57. The fourth-order valence-corrected chi connectivity index (χ4v) is 1.30. The molecule has 0 spiro atoms. The standard InChI is InChI=1S/C12H12N3O2/c1-8-14-6-10(7-15-8)17-9-3-4-11(13)12(5-9)16-2/h3-7,13H,1-2H3. The zero-order valence-electron chi connectivity index (χ0n) is 9.60. The molecule has 0 amide bonds. The van der Waals surface area contributed by atoms with Gasteiger partial charge < -0.3 is 9.47 Å². The van der Waals surface area contributed by atoms with Crippen LogP contribution in [-0.4, -0.2) is 17.1 Å². The first-order valence-electron chi connectivity index (χ1n) is 5.05. The second-order valence-electron chi connectivity index (χ2n) is 3.43. The fourth-order valence-electron chi connectivity index (χ4n) is 1.30. The van der Waals surface area contributed by atoms with E-state index >= 15 is 0 Å². The highest BCUT2D eigenvalue weighted by atomic mass is 16.5. The molecule has 2 rings (SSSR count). The quantitative estimate of drug-likeness (QED) is 0.812. The molecule has 0 saturated heterocycles. The van der Waals surface area contributed by atoms with Gasteiger partial charge in [-0.1, -0.05) is 0 Å². The zero-order chi connectivity index (χ0) is 12.3. The minimum Gasteiger partial charge on any atom is -0.494 e. The van der Waals surface area contributed by atoms with Gasteiger partial charge in [0.05, 0.1) is 25.2 Å². The zero-order valence-corrected chi connectivity index (χ0v) is 9.60. The van der Waals surface area contributed by atoms with Crippen LogP contribution in [0.1, 0.15) is 5.82 Å². The Morgan fingerprint density at radius 1 is 1.12 bits per heavy atom. The number of hydrogen-bond acceptors (Lipinski definition) is 4. The van der Waals surface area contributed by atoms with E-state index in [0.717, 1.165) is 0 Å². The van der Waals surface area contributed by atoms with Gasteiger partial charge in [-0.15, -0.1) is 0 Å². The molecule has 1 aromatic carbocycles. The lowest BCUT2D eigenvalue weighted by Gasteiger charge is -2.08. The van der Waals surface area contributed by atoms with E-state index in [1.54, 1.807) is 30.6 Å². The van der Waals surface area contributed by atoms with Gasteiger partial charge in [0, 0.05) is 6.07 Å². The molecule has 0 aliphatic rings. The predicted molar refractivity (Wildman–Crippen MR) is 62.6 cm³/mol. The SMILES string of the molecule is COc1cc(Oc2cnc(C)nc2)ccc1[NH]. The van der Waals surface area contributed by atoms with Gasteiger partial charge in [-0.25, -0.2) is 9.97 Å². The molecule has 0 atom stereocenters. The van der Waals surface area contributed by atoms with Crippen molar-refractivity contribution < 1.29 is 9.47 Å². The van der Waals surface area contributed by atoms with Crippen molar-refractivity contribution in [2.24, 2.45) is 0 Å². The Morgan fingerprint density at radius 3 is 2.47 bits per heavy atom. The van der Waals surface area contributed by atoms with Crippen LogP contribution in [0.15, 0.2) is 30.6 Å². The van der Waals surface area contributed by atoms with E-state index in [0.29, 0.717) is 28.8 Å². The van der Waals surface area contributed by atoms with Crippen LogP contribution < -0.4 is 15.2 Å². The summed E-state index contributed by atoms with van der Waals surface area (Å²) in [6.07, 6.45) is 3.20. The Kier molecular flexibility index (Phi) is 3.09. The van der Waals surface area contributed by atoms with Crippen LogP contribution >= 0.6 is 0 Å². The molecule has 0 fully saturated rings. The van der Waals surface area contributed by atoms with Gasteiger partial charge >= 0.3 is 0 Å². The number of methoxy groups -OCH3 is 1. The predicted octanol–water partition coefficient (Wildman–Crippen LogP) is 2.50. The summed E-state index contributed by atoms with van der Waals surface area (Å²) in [5, 5.41) is 0. The molecule has 1 N–H and O–H groups in total. The molecule has 1 radical (unpaired) electrons. The van der Waals surface area contributed by atoms with Crippen molar-refractivity contribution in [3.05, 3.63) is 36.4 Å². The average molecular weight is 230 g/mol. The molecular weight excluding hydrogens is 218 g/mol. The summed E-state index contributed by atoms with van der Waals surface area (Å²) in [5.41, 5.74) is 7.89. The van der Waals surface area contributed by atoms with Gasteiger partial charge in [0.15, 0.2) is 5.75 Å². The number of hydrogen-bond donors (Lipinski definition) is 0. The van der Waals surface area contributed by atoms with E-state index in [2.05, 4.69) is 9.97 Å². The fraction of sp³-hybridized carbons (Fsp3) is 0.167. The Morgan fingerprint density at radius 2 is 1.82 bits per heavy atom. The molecule has 0 aliphatic heterocycles. The van der Waals surface area contributed by atoms with Crippen molar-refractivity contribution in [3.8, 4) is 17.2 Å². The molecule has 0 bridgehead atoms. The molecule has 2 aromatic rings. The van der Waals surface area contributed by atoms with E-state index in [-0.39, 0.29) is 0 Å². The summed E-state index contributed by atoms with van der Waals surface area (Å²) in [7, 11) is 1.52. The van der Waals surface area contributed by atoms with Crippen molar-refractivity contribution in [1.29, 1.82) is 0 Å². The van der Waals surface area contributed by atoms with Gasteiger partial charge in [-0.2, -0.15) is 0 Å². The Hall–Kier alpha value is -2.30. The largest absolute Gasteiger partial charge is 0.494 e. The van der Waals surface area contributed by atoms with E-state index < -0.39 is 0 Å². The molecule has 0 aliphatic carbocycles. The highest BCUT2D eigenvalue weighted by molar-refractivity contribution is 5.53. The number of aromatic nitrogens is 2. The van der Waals surface area contributed by atoms with E-state index in [9.17, 15) is 0 Å². The first kappa shape index (κ1) is 11.2. The molecule has 0 unspecified atom stereocenters. The third-order valence-corrected chi connectivity index (χ3v) is 2.17. The van der Waals surface area contributed by atoms with Gasteiger partial charge in [0.2, 0.25) is 0 Å². The van der Waals surface area contributed by atoms with Crippen molar-refractivity contribution in [2.45, 2.75) is 6.92 Å². The van der Waals surface area contributed by atoms with Gasteiger partial charge in [-0.05, 0) is 19.1 Å². The number of aryl methyl sites for hydroxylation is 1. The van der Waals surface area contributed by atoms with Crippen molar-refractivity contribution in [3.63, 3.8) is 0 Å². The number of ether oxygens (including phenoxy) is 2. The summed E-state index contributed by atoms with van der Waals surface area (Å²) in [4.78, 5) is 8.06. The second-order valence-corrected chi connectivity index (χ2v) is 3.43. The number of benzene rings is 1. The Labute approximate surface area is 99.2 Å². The number of nitrogens with one attached hydrogen (secondary N) is 1. The van der Waals surface area contributed by atoms with Crippen molar-refractivity contribution in [1.82, 2.24) is 15.7 Å². The molecular formula is C12H12N3O2. The van der Waals surface area contributed by atoms with Crippen LogP contribution in [0.3, 0.4) is 0 Å². The molecule has 5 heteroatoms. The third-order valence-electron chi connectivity index (χ3n) is 2.17. The van der Waals surface area contributed by atoms with Crippen LogP contribution in [0.4, 0.5) is 5.69 Å². The maximum Gasteiger partial charge on any atom is 0.164 e. The van der Waals surface area contributed by atoms with Gasteiger partial charge in [0.25, 0.3) is 0 Å². The van der Waals surface area contributed by atoms with E-state index in [1.165, 1.54) is 7.11 Å². The minimum atomic E-state index is 0.319. The maximum absolute atomic E-state index is 7.57. The van der Waals surface area contributed by atoms with Crippen LogP contribution in [0.5, 0.6) is 17.2 Å². The van der Waals surface area contributed by atoms with E-state index in [1.807, 2.05) is 6.92 Å². The topological polar surface area (TPSA) is 68.0 Å². The lowest BCUT2D eigenvalue weighted by atomic mass is 10.3. The summed E-state index contributed by atoms with van der Waals surface area (Å²) < 4.78 is 10.6. The second kappa shape index (κ2) is 4.69. The lowest BCUT2D eigenvalue weighted by molar-refractivity contribution is 0.409. The van der Waals surface area contributed by atoms with Crippen LogP contribution in [0, 0.1) is 6.92 Å². The normalized spacial score (nSPS) is 10.0. The highest BCUT2D eigenvalue weighted by Crippen LogP contribution is 2.29. The molecule has 1 heterocycles. The van der Waals surface area contributed by atoms with Crippen molar-refractivity contribution in [2.75, 3.05) is 7.11 Å². The summed E-state index contributed by atoms with van der Waals surface area (Å²) in [6, 6.07) is 4.97. The minimum absolute atomic E-state index is 0.319. The van der Waals surface area contributed by atoms with Crippen molar-refractivity contribution >= 4 is 5.69 Å².